The monoisotopic (exact) mass is 405 g/mol. The summed E-state index contributed by atoms with van der Waals surface area (Å²) in [5.41, 5.74) is 3.75. The van der Waals surface area contributed by atoms with Crippen LogP contribution in [-0.2, 0) is 6.42 Å². The number of benzene rings is 2. The lowest BCUT2D eigenvalue weighted by Crippen LogP contribution is -2.44. The van der Waals surface area contributed by atoms with Crippen LogP contribution in [0.5, 0.6) is 0 Å². The summed E-state index contributed by atoms with van der Waals surface area (Å²) < 4.78 is 0. The van der Waals surface area contributed by atoms with E-state index in [1.165, 1.54) is 11.3 Å². The number of hydrogen-bond acceptors (Lipinski definition) is 4. The minimum Gasteiger partial charge on any atom is -0.369 e. The number of nitrogens with zero attached hydrogens (tertiary/aromatic N) is 2. The molecule has 1 aliphatic rings. The lowest BCUT2D eigenvalue weighted by atomic mass is 10.1. The third-order valence-corrected chi connectivity index (χ3v) is 6.54. The molecule has 3 aromatic rings. The van der Waals surface area contributed by atoms with Gasteiger partial charge >= 0.3 is 0 Å². The molecule has 0 saturated carbocycles. The fourth-order valence-corrected chi connectivity index (χ4v) is 4.62. The average molecular weight is 406 g/mol. The summed E-state index contributed by atoms with van der Waals surface area (Å²) in [6.07, 6.45) is 0.838. The van der Waals surface area contributed by atoms with E-state index >= 15 is 0 Å². The molecule has 0 unspecified atom stereocenters. The van der Waals surface area contributed by atoms with Gasteiger partial charge in [-0.05, 0) is 42.8 Å². The van der Waals surface area contributed by atoms with Crippen LogP contribution >= 0.6 is 11.3 Å². The van der Waals surface area contributed by atoms with Crippen LogP contribution in [0.15, 0.2) is 66.7 Å². The summed E-state index contributed by atoms with van der Waals surface area (Å²) in [6, 6.07) is 22.7. The summed E-state index contributed by atoms with van der Waals surface area (Å²) >= 11 is 1.54. The molecule has 1 saturated heterocycles. The van der Waals surface area contributed by atoms with Gasteiger partial charge in [-0.3, -0.25) is 4.79 Å². The van der Waals surface area contributed by atoms with Crippen LogP contribution in [0.4, 0.5) is 5.69 Å². The maximum atomic E-state index is 12.6. The molecule has 150 valence electrons. The normalized spacial score (nSPS) is 14.7. The van der Waals surface area contributed by atoms with E-state index in [1.54, 1.807) is 11.3 Å². The van der Waals surface area contributed by atoms with E-state index in [1.807, 2.05) is 30.3 Å². The lowest BCUT2D eigenvalue weighted by Gasteiger charge is -2.35. The van der Waals surface area contributed by atoms with E-state index in [9.17, 15) is 4.79 Å². The maximum absolute atomic E-state index is 12.6. The number of nitrogens with one attached hydrogen (secondary N) is 1. The highest BCUT2D eigenvalue weighted by atomic mass is 32.1. The summed E-state index contributed by atoms with van der Waals surface area (Å²) in [5.74, 6) is 0.00857. The molecule has 0 spiro atoms. The predicted octanol–water partition coefficient (Wildman–Crippen LogP) is 4.14. The highest BCUT2D eigenvalue weighted by Gasteiger charge is 2.17. The van der Waals surface area contributed by atoms with Gasteiger partial charge in [0, 0.05) is 43.3 Å². The standard InChI is InChI=1S/C24H27N3OS/c1-26-15-17-27(18-16-26)21-10-6-5-7-19(21)13-14-25-24(28)23-12-11-22(29-23)20-8-3-2-4-9-20/h2-12H,13-18H2,1H3,(H,25,28). The molecule has 0 atom stereocenters. The molecule has 1 N–H and O–H groups in total. The number of amides is 1. The predicted molar refractivity (Wildman–Crippen MR) is 122 cm³/mol. The van der Waals surface area contributed by atoms with Gasteiger partial charge in [0.2, 0.25) is 0 Å². The van der Waals surface area contributed by atoms with Crippen LogP contribution in [0.2, 0.25) is 0 Å². The minimum absolute atomic E-state index is 0.00857. The number of thiophene rings is 1. The largest absolute Gasteiger partial charge is 0.369 e. The van der Waals surface area contributed by atoms with Crippen molar-refractivity contribution in [1.29, 1.82) is 0 Å². The molecule has 1 aliphatic heterocycles. The molecular weight excluding hydrogens is 378 g/mol. The highest BCUT2D eigenvalue weighted by molar-refractivity contribution is 7.17. The second kappa shape index (κ2) is 9.25. The van der Waals surface area contributed by atoms with Gasteiger partial charge in [-0.25, -0.2) is 0 Å². The van der Waals surface area contributed by atoms with Gasteiger partial charge in [-0.1, -0.05) is 48.5 Å². The smallest absolute Gasteiger partial charge is 0.261 e. The molecule has 0 bridgehead atoms. The quantitative estimate of drug-likeness (QED) is 0.670. The topological polar surface area (TPSA) is 35.6 Å². The van der Waals surface area contributed by atoms with Crippen molar-refractivity contribution < 1.29 is 4.79 Å². The Hall–Kier alpha value is -2.63. The van der Waals surface area contributed by atoms with Crippen molar-refractivity contribution in [3.8, 4) is 10.4 Å². The zero-order valence-corrected chi connectivity index (χ0v) is 17.6. The van der Waals surface area contributed by atoms with Crippen molar-refractivity contribution in [2.75, 3.05) is 44.7 Å². The van der Waals surface area contributed by atoms with Crippen LogP contribution in [0.3, 0.4) is 0 Å². The zero-order valence-electron chi connectivity index (χ0n) is 16.8. The number of anilines is 1. The highest BCUT2D eigenvalue weighted by Crippen LogP contribution is 2.28. The average Bonchev–Trinajstić information content (AvgIpc) is 3.26. The molecule has 1 amide bonds. The van der Waals surface area contributed by atoms with E-state index < -0.39 is 0 Å². The number of rotatable bonds is 6. The first kappa shape index (κ1) is 19.7. The number of carbonyl (C=O) groups excluding carboxylic acids is 1. The second-order valence-corrected chi connectivity index (χ2v) is 8.54. The maximum Gasteiger partial charge on any atom is 0.261 e. The molecule has 4 rings (SSSR count). The molecule has 5 heteroatoms. The summed E-state index contributed by atoms with van der Waals surface area (Å²) in [6.45, 7) is 4.93. The molecule has 2 aromatic carbocycles. The van der Waals surface area contributed by atoms with Crippen molar-refractivity contribution in [3.05, 3.63) is 77.2 Å². The Kier molecular flexibility index (Phi) is 6.27. The van der Waals surface area contributed by atoms with Crippen molar-refractivity contribution in [2.45, 2.75) is 6.42 Å². The molecule has 4 nitrogen and oxygen atoms in total. The molecule has 2 heterocycles. The van der Waals surface area contributed by atoms with E-state index in [4.69, 9.17) is 0 Å². The number of carbonyl (C=O) groups is 1. The number of piperazine rings is 1. The van der Waals surface area contributed by atoms with Crippen molar-refractivity contribution >= 4 is 22.9 Å². The van der Waals surface area contributed by atoms with Crippen LogP contribution < -0.4 is 10.2 Å². The van der Waals surface area contributed by atoms with Crippen molar-refractivity contribution in [3.63, 3.8) is 0 Å². The van der Waals surface area contributed by atoms with Crippen molar-refractivity contribution in [1.82, 2.24) is 10.2 Å². The molecule has 29 heavy (non-hydrogen) atoms. The van der Waals surface area contributed by atoms with Gasteiger partial charge in [0.1, 0.15) is 0 Å². The lowest BCUT2D eigenvalue weighted by molar-refractivity contribution is 0.0958. The summed E-state index contributed by atoms with van der Waals surface area (Å²) in [5, 5.41) is 3.09. The Morgan fingerprint density at radius 3 is 2.45 bits per heavy atom. The van der Waals surface area contributed by atoms with Crippen LogP contribution in [-0.4, -0.2) is 50.6 Å². The molecule has 0 aliphatic carbocycles. The summed E-state index contributed by atoms with van der Waals surface area (Å²) in [7, 11) is 2.17. The number of hydrogen-bond donors (Lipinski definition) is 1. The Labute approximate surface area is 176 Å². The van der Waals surface area contributed by atoms with Crippen LogP contribution in [0.25, 0.3) is 10.4 Å². The van der Waals surface area contributed by atoms with Crippen LogP contribution in [0.1, 0.15) is 15.2 Å². The van der Waals surface area contributed by atoms with Crippen LogP contribution in [0, 0.1) is 0 Å². The molecule has 1 aromatic heterocycles. The Balaban J connectivity index is 1.35. The molecule has 1 fully saturated rings. The first-order valence-corrected chi connectivity index (χ1v) is 11.0. The Morgan fingerprint density at radius 1 is 0.931 bits per heavy atom. The first-order valence-electron chi connectivity index (χ1n) is 10.2. The fraction of sp³-hybridized carbons (Fsp3) is 0.292. The van der Waals surface area contributed by atoms with Crippen molar-refractivity contribution in [2.24, 2.45) is 0 Å². The zero-order chi connectivity index (χ0) is 20.1. The third kappa shape index (κ3) is 4.86. The fourth-order valence-electron chi connectivity index (χ4n) is 3.69. The summed E-state index contributed by atoms with van der Waals surface area (Å²) in [4.78, 5) is 19.3. The third-order valence-electron chi connectivity index (χ3n) is 5.40. The van der Waals surface area contributed by atoms with Gasteiger partial charge in [0.15, 0.2) is 0 Å². The van der Waals surface area contributed by atoms with E-state index in [-0.39, 0.29) is 5.91 Å². The van der Waals surface area contributed by atoms with E-state index in [2.05, 4.69) is 58.6 Å². The van der Waals surface area contributed by atoms with Gasteiger partial charge in [0.25, 0.3) is 5.91 Å². The number of para-hydroxylation sites is 1. The van der Waals surface area contributed by atoms with Gasteiger partial charge in [0.05, 0.1) is 4.88 Å². The molecular formula is C24H27N3OS. The number of likely N-dealkylation sites (N-methyl/N-ethyl adjacent to an activating group) is 1. The van der Waals surface area contributed by atoms with E-state index in [0.717, 1.165) is 47.9 Å². The SMILES string of the molecule is CN1CCN(c2ccccc2CCNC(=O)c2ccc(-c3ccccc3)s2)CC1. The molecule has 0 radical (unpaired) electrons. The first-order chi connectivity index (χ1) is 14.2. The van der Waals surface area contributed by atoms with E-state index in [0.29, 0.717) is 6.54 Å². The minimum atomic E-state index is 0.00857. The second-order valence-electron chi connectivity index (χ2n) is 7.45. The Morgan fingerprint density at radius 2 is 1.66 bits per heavy atom. The van der Waals surface area contributed by atoms with Gasteiger partial charge in [-0.2, -0.15) is 0 Å². The van der Waals surface area contributed by atoms with Gasteiger partial charge < -0.3 is 15.1 Å². The Bertz CT molecular complexity index is 946. The van der Waals surface area contributed by atoms with Gasteiger partial charge in [-0.15, -0.1) is 11.3 Å².